The molecule has 2 heterocycles. The number of hydrogen-bond acceptors (Lipinski definition) is 4. The fraction of sp³-hybridized carbons (Fsp3) is 0.211. The third-order valence-electron chi connectivity index (χ3n) is 3.76. The molecule has 0 atom stereocenters. The van der Waals surface area contributed by atoms with Crippen LogP contribution < -0.4 is 0 Å². The van der Waals surface area contributed by atoms with Crippen LogP contribution in [0.2, 0.25) is 0 Å². The molecule has 0 bridgehead atoms. The first-order chi connectivity index (χ1) is 11.6. The minimum absolute atomic E-state index is 0.00263. The second-order valence-corrected chi connectivity index (χ2v) is 6.56. The van der Waals surface area contributed by atoms with Gasteiger partial charge in [-0.3, -0.25) is 9.69 Å². The van der Waals surface area contributed by atoms with Crippen molar-refractivity contribution in [2.75, 3.05) is 6.54 Å². The highest BCUT2D eigenvalue weighted by Gasteiger charge is 2.32. The smallest absolute Gasteiger partial charge is 0.266 e. The van der Waals surface area contributed by atoms with E-state index in [-0.39, 0.29) is 5.91 Å². The zero-order valence-corrected chi connectivity index (χ0v) is 14.8. The van der Waals surface area contributed by atoms with Gasteiger partial charge in [-0.25, -0.2) is 9.98 Å². The lowest BCUT2D eigenvalue weighted by molar-refractivity contribution is -0.122. The molecule has 3 rings (SSSR count). The third kappa shape index (κ3) is 3.41. The SMILES string of the molecule is CCN1C(=O)/C(=C/c2ccccc2C)S/C1=N/c1cccc(C)n1. The van der Waals surface area contributed by atoms with E-state index >= 15 is 0 Å². The summed E-state index contributed by atoms with van der Waals surface area (Å²) >= 11 is 1.40. The Balaban J connectivity index is 1.96. The number of aryl methyl sites for hydroxylation is 2. The van der Waals surface area contributed by atoms with Crippen LogP contribution in [0.3, 0.4) is 0 Å². The molecule has 1 fully saturated rings. The van der Waals surface area contributed by atoms with Crippen molar-refractivity contribution in [2.24, 2.45) is 4.99 Å². The molecule has 0 aliphatic carbocycles. The highest BCUT2D eigenvalue weighted by molar-refractivity contribution is 8.18. The number of amidine groups is 1. The van der Waals surface area contributed by atoms with Crippen molar-refractivity contribution in [2.45, 2.75) is 20.8 Å². The molecule has 0 saturated carbocycles. The van der Waals surface area contributed by atoms with Gasteiger partial charge in [0.2, 0.25) is 0 Å². The van der Waals surface area contributed by atoms with E-state index in [1.54, 1.807) is 4.90 Å². The normalized spacial score (nSPS) is 18.0. The van der Waals surface area contributed by atoms with Gasteiger partial charge in [-0.1, -0.05) is 30.3 Å². The van der Waals surface area contributed by atoms with Gasteiger partial charge in [-0.2, -0.15) is 0 Å². The molecule has 4 nitrogen and oxygen atoms in total. The van der Waals surface area contributed by atoms with Crippen LogP contribution >= 0.6 is 11.8 Å². The summed E-state index contributed by atoms with van der Waals surface area (Å²) < 4.78 is 0. The maximum absolute atomic E-state index is 12.7. The van der Waals surface area contributed by atoms with Crippen molar-refractivity contribution in [1.82, 2.24) is 9.88 Å². The van der Waals surface area contributed by atoms with Gasteiger partial charge in [-0.15, -0.1) is 0 Å². The van der Waals surface area contributed by atoms with Crippen LogP contribution in [-0.2, 0) is 4.79 Å². The summed E-state index contributed by atoms with van der Waals surface area (Å²) in [5, 5.41) is 0.681. The Bertz CT molecular complexity index is 842. The first-order valence-corrected chi connectivity index (χ1v) is 8.69. The maximum Gasteiger partial charge on any atom is 0.266 e. The average molecular weight is 337 g/mol. The zero-order chi connectivity index (χ0) is 17.1. The molecule has 2 aromatic rings. The first kappa shape index (κ1) is 16.5. The molecular weight excluding hydrogens is 318 g/mol. The standard InChI is InChI=1S/C19H19N3OS/c1-4-22-18(23)16(12-15-10-6-5-8-13(15)2)24-19(22)21-17-11-7-9-14(3)20-17/h5-12H,4H2,1-3H3/b16-12-,21-19+. The molecule has 1 saturated heterocycles. The van der Waals surface area contributed by atoms with Gasteiger partial charge in [0.25, 0.3) is 5.91 Å². The van der Waals surface area contributed by atoms with E-state index in [9.17, 15) is 4.79 Å². The van der Waals surface area contributed by atoms with Crippen molar-refractivity contribution in [3.05, 3.63) is 64.2 Å². The summed E-state index contributed by atoms with van der Waals surface area (Å²) in [6.45, 7) is 6.51. The highest BCUT2D eigenvalue weighted by atomic mass is 32.2. The summed E-state index contributed by atoms with van der Waals surface area (Å²) in [6, 6.07) is 13.7. The minimum Gasteiger partial charge on any atom is -0.287 e. The third-order valence-corrected chi connectivity index (χ3v) is 4.77. The van der Waals surface area contributed by atoms with Crippen LogP contribution in [0, 0.1) is 13.8 Å². The lowest BCUT2D eigenvalue weighted by Gasteiger charge is -2.11. The predicted molar refractivity (Wildman–Crippen MR) is 100 cm³/mol. The number of rotatable bonds is 3. The van der Waals surface area contributed by atoms with E-state index in [0.29, 0.717) is 22.4 Å². The fourth-order valence-corrected chi connectivity index (χ4v) is 3.49. The zero-order valence-electron chi connectivity index (χ0n) is 14.0. The Morgan fingerprint density at radius 2 is 1.96 bits per heavy atom. The number of hydrogen-bond donors (Lipinski definition) is 0. The summed E-state index contributed by atoms with van der Waals surface area (Å²) in [6.07, 6.45) is 1.94. The van der Waals surface area contributed by atoms with Crippen molar-refractivity contribution in [3.8, 4) is 0 Å². The van der Waals surface area contributed by atoms with Crippen LogP contribution in [0.25, 0.3) is 6.08 Å². The molecule has 1 aliphatic rings. The average Bonchev–Trinajstić information content (AvgIpc) is 2.84. The maximum atomic E-state index is 12.7. The summed E-state index contributed by atoms with van der Waals surface area (Å²) in [5.41, 5.74) is 3.11. The van der Waals surface area contributed by atoms with Crippen LogP contribution in [-0.4, -0.2) is 27.5 Å². The number of carbonyl (C=O) groups excluding carboxylic acids is 1. The Morgan fingerprint density at radius 3 is 2.67 bits per heavy atom. The molecular formula is C19H19N3OS. The number of amides is 1. The number of nitrogens with zero attached hydrogens (tertiary/aromatic N) is 3. The summed E-state index contributed by atoms with van der Waals surface area (Å²) in [5.74, 6) is 0.623. The Morgan fingerprint density at radius 1 is 1.17 bits per heavy atom. The van der Waals surface area contributed by atoms with Gasteiger partial charge in [-0.05, 0) is 61.9 Å². The lowest BCUT2D eigenvalue weighted by atomic mass is 10.1. The summed E-state index contributed by atoms with van der Waals surface area (Å²) in [7, 11) is 0. The predicted octanol–water partition coefficient (Wildman–Crippen LogP) is 4.32. The Labute approximate surface area is 146 Å². The molecule has 5 heteroatoms. The van der Waals surface area contributed by atoms with E-state index < -0.39 is 0 Å². The first-order valence-electron chi connectivity index (χ1n) is 7.88. The number of carbonyl (C=O) groups is 1. The van der Waals surface area contributed by atoms with Gasteiger partial charge in [0.1, 0.15) is 0 Å². The second kappa shape index (κ2) is 7.01. The number of pyridine rings is 1. The molecule has 122 valence electrons. The largest absolute Gasteiger partial charge is 0.287 e. The van der Waals surface area contributed by atoms with E-state index in [2.05, 4.69) is 9.98 Å². The fourth-order valence-electron chi connectivity index (χ4n) is 2.45. The minimum atomic E-state index is -0.00263. The van der Waals surface area contributed by atoms with E-state index in [4.69, 9.17) is 0 Å². The quantitative estimate of drug-likeness (QED) is 0.784. The van der Waals surface area contributed by atoms with E-state index in [1.165, 1.54) is 11.8 Å². The van der Waals surface area contributed by atoms with E-state index in [1.807, 2.05) is 69.3 Å². The van der Waals surface area contributed by atoms with Crippen molar-refractivity contribution in [3.63, 3.8) is 0 Å². The molecule has 1 amide bonds. The number of thioether (sulfide) groups is 1. The number of aliphatic imine (C=N–C) groups is 1. The van der Waals surface area contributed by atoms with Gasteiger partial charge < -0.3 is 0 Å². The second-order valence-electron chi connectivity index (χ2n) is 5.55. The molecule has 0 radical (unpaired) electrons. The molecule has 24 heavy (non-hydrogen) atoms. The molecule has 0 spiro atoms. The topological polar surface area (TPSA) is 45.6 Å². The summed E-state index contributed by atoms with van der Waals surface area (Å²) in [4.78, 5) is 24.0. The van der Waals surface area contributed by atoms with Crippen LogP contribution in [0.5, 0.6) is 0 Å². The van der Waals surface area contributed by atoms with Gasteiger partial charge in [0.05, 0.1) is 4.91 Å². The van der Waals surface area contributed by atoms with Crippen molar-refractivity contribution >= 4 is 34.7 Å². The van der Waals surface area contributed by atoms with Crippen molar-refractivity contribution < 1.29 is 4.79 Å². The highest BCUT2D eigenvalue weighted by Crippen LogP contribution is 2.34. The number of likely N-dealkylation sites (N-methyl/N-ethyl adjacent to an activating group) is 1. The lowest BCUT2D eigenvalue weighted by Crippen LogP contribution is -2.28. The van der Waals surface area contributed by atoms with Gasteiger partial charge in [0, 0.05) is 12.2 Å². The molecule has 1 aromatic heterocycles. The number of aromatic nitrogens is 1. The molecule has 1 aliphatic heterocycles. The van der Waals surface area contributed by atoms with Gasteiger partial charge in [0.15, 0.2) is 11.0 Å². The Hall–Kier alpha value is -2.40. The molecule has 0 unspecified atom stereocenters. The number of benzene rings is 1. The van der Waals surface area contributed by atoms with Crippen LogP contribution in [0.15, 0.2) is 52.4 Å². The Kier molecular flexibility index (Phi) is 4.81. The van der Waals surface area contributed by atoms with E-state index in [0.717, 1.165) is 16.8 Å². The van der Waals surface area contributed by atoms with Crippen LogP contribution in [0.4, 0.5) is 5.82 Å². The molecule has 0 N–H and O–H groups in total. The van der Waals surface area contributed by atoms with Gasteiger partial charge >= 0.3 is 0 Å². The monoisotopic (exact) mass is 337 g/mol. The van der Waals surface area contributed by atoms with Crippen molar-refractivity contribution in [1.29, 1.82) is 0 Å². The van der Waals surface area contributed by atoms with Crippen LogP contribution in [0.1, 0.15) is 23.7 Å². The molecule has 1 aromatic carbocycles.